The lowest BCUT2D eigenvalue weighted by molar-refractivity contribution is 0.387. The molecule has 0 amide bonds. The molecule has 0 fully saturated rings. The average molecular weight is 247 g/mol. The molecule has 0 saturated heterocycles. The van der Waals surface area contributed by atoms with E-state index in [4.69, 9.17) is 10.5 Å². The van der Waals surface area contributed by atoms with Crippen LogP contribution in [0.25, 0.3) is 0 Å². The summed E-state index contributed by atoms with van der Waals surface area (Å²) < 4.78 is 18.2. The van der Waals surface area contributed by atoms with E-state index in [1.54, 1.807) is 19.2 Å². The fourth-order valence-electron chi connectivity index (χ4n) is 1.84. The number of hydrogen-bond donors (Lipinski definition) is 1. The van der Waals surface area contributed by atoms with Gasteiger partial charge in [-0.25, -0.2) is 9.37 Å². The molecule has 2 rings (SSSR count). The monoisotopic (exact) mass is 247 g/mol. The zero-order valence-electron chi connectivity index (χ0n) is 10.2. The van der Waals surface area contributed by atoms with Crippen molar-refractivity contribution in [3.05, 3.63) is 53.2 Å². The minimum Gasteiger partial charge on any atom is -0.480 e. The van der Waals surface area contributed by atoms with E-state index >= 15 is 0 Å². The van der Waals surface area contributed by atoms with E-state index < -0.39 is 6.04 Å². The number of rotatable bonds is 3. The minimum absolute atomic E-state index is 0.283. The van der Waals surface area contributed by atoms with E-state index in [9.17, 15) is 4.39 Å². The molecule has 18 heavy (non-hydrogen) atoms. The van der Waals surface area contributed by atoms with Crippen molar-refractivity contribution in [3.8, 4) is 5.88 Å². The lowest BCUT2D eigenvalue weighted by Crippen LogP contribution is -2.16. The maximum absolute atomic E-state index is 13.1. The zero-order valence-corrected chi connectivity index (χ0v) is 10.2. The third-order valence-electron chi connectivity index (χ3n) is 2.75. The van der Waals surface area contributed by atoms with Crippen LogP contribution in [0, 0.1) is 12.7 Å². The molecule has 4 nitrogen and oxygen atoms in total. The molecule has 94 valence electrons. The van der Waals surface area contributed by atoms with E-state index in [1.807, 2.05) is 0 Å². The van der Waals surface area contributed by atoms with Crippen molar-refractivity contribution >= 4 is 0 Å². The standard InChI is InChI=1S/C13H14FN3O/c1-8-7-9(14)3-4-10(8)11(15)12-13(18-2)17-6-5-16-12/h3-7,11H,15H2,1-2H3. The number of aromatic nitrogens is 2. The van der Waals surface area contributed by atoms with Crippen LogP contribution < -0.4 is 10.5 Å². The highest BCUT2D eigenvalue weighted by molar-refractivity contribution is 5.37. The summed E-state index contributed by atoms with van der Waals surface area (Å²) >= 11 is 0. The second-order valence-electron chi connectivity index (χ2n) is 3.93. The van der Waals surface area contributed by atoms with Gasteiger partial charge in [0.05, 0.1) is 13.2 Å². The van der Waals surface area contributed by atoms with Crippen LogP contribution in [-0.2, 0) is 0 Å². The van der Waals surface area contributed by atoms with Crippen LogP contribution in [0.3, 0.4) is 0 Å². The molecule has 0 spiro atoms. The fraction of sp³-hybridized carbons (Fsp3) is 0.231. The van der Waals surface area contributed by atoms with Crippen LogP contribution in [0.5, 0.6) is 5.88 Å². The first-order valence-corrected chi connectivity index (χ1v) is 5.50. The molecule has 1 aromatic heterocycles. The molecule has 1 heterocycles. The molecule has 0 aliphatic rings. The Labute approximate surface area is 105 Å². The SMILES string of the molecule is COc1nccnc1C(N)c1ccc(F)cc1C. The summed E-state index contributed by atoms with van der Waals surface area (Å²) in [7, 11) is 1.51. The normalized spacial score (nSPS) is 12.2. The summed E-state index contributed by atoms with van der Waals surface area (Å²) in [5.41, 5.74) is 8.25. The third-order valence-corrected chi connectivity index (χ3v) is 2.75. The topological polar surface area (TPSA) is 61.0 Å². The van der Waals surface area contributed by atoms with Gasteiger partial charge in [0.25, 0.3) is 0 Å². The second-order valence-corrected chi connectivity index (χ2v) is 3.93. The number of aryl methyl sites for hydroxylation is 1. The Kier molecular flexibility index (Phi) is 3.53. The number of halogens is 1. The molecule has 5 heteroatoms. The van der Waals surface area contributed by atoms with Gasteiger partial charge in [0, 0.05) is 12.4 Å². The second kappa shape index (κ2) is 5.10. The maximum Gasteiger partial charge on any atom is 0.237 e. The molecule has 1 unspecified atom stereocenters. The van der Waals surface area contributed by atoms with E-state index in [1.165, 1.54) is 25.4 Å². The predicted octanol–water partition coefficient (Wildman–Crippen LogP) is 1.98. The number of nitrogens with zero attached hydrogens (tertiary/aromatic N) is 2. The van der Waals surface area contributed by atoms with Gasteiger partial charge < -0.3 is 10.5 Å². The van der Waals surface area contributed by atoms with Crippen molar-refractivity contribution in [2.45, 2.75) is 13.0 Å². The highest BCUT2D eigenvalue weighted by atomic mass is 19.1. The van der Waals surface area contributed by atoms with E-state index in [-0.39, 0.29) is 5.82 Å². The number of nitrogens with two attached hydrogens (primary N) is 1. The van der Waals surface area contributed by atoms with Crippen LogP contribution in [-0.4, -0.2) is 17.1 Å². The van der Waals surface area contributed by atoms with Gasteiger partial charge in [-0.05, 0) is 30.2 Å². The Balaban J connectivity index is 2.44. The Bertz CT molecular complexity index is 560. The quantitative estimate of drug-likeness (QED) is 0.900. The Hall–Kier alpha value is -2.01. The number of hydrogen-bond acceptors (Lipinski definition) is 4. The number of ether oxygens (including phenoxy) is 1. The van der Waals surface area contributed by atoms with Crippen LogP contribution in [0.1, 0.15) is 22.9 Å². The molecule has 2 N–H and O–H groups in total. The summed E-state index contributed by atoms with van der Waals surface area (Å²) in [5.74, 6) is 0.100. The molecule has 1 aromatic carbocycles. The molecule has 2 aromatic rings. The molecule has 0 aliphatic heterocycles. The predicted molar refractivity (Wildman–Crippen MR) is 65.8 cm³/mol. The third kappa shape index (κ3) is 2.31. The minimum atomic E-state index is -0.491. The Morgan fingerprint density at radius 1 is 1.28 bits per heavy atom. The van der Waals surface area contributed by atoms with Gasteiger partial charge in [0.15, 0.2) is 0 Å². The lowest BCUT2D eigenvalue weighted by atomic mass is 9.99. The average Bonchev–Trinajstić information content (AvgIpc) is 2.38. The zero-order chi connectivity index (χ0) is 13.1. The van der Waals surface area contributed by atoms with Crippen molar-refractivity contribution in [3.63, 3.8) is 0 Å². The van der Waals surface area contributed by atoms with Crippen molar-refractivity contribution in [1.82, 2.24) is 9.97 Å². The number of benzene rings is 1. The Morgan fingerprint density at radius 2 is 2.00 bits per heavy atom. The van der Waals surface area contributed by atoms with Crippen molar-refractivity contribution in [1.29, 1.82) is 0 Å². The molecule has 0 bridgehead atoms. The largest absolute Gasteiger partial charge is 0.480 e. The molecule has 0 radical (unpaired) electrons. The van der Waals surface area contributed by atoms with Crippen molar-refractivity contribution in [2.24, 2.45) is 5.73 Å². The van der Waals surface area contributed by atoms with Crippen LogP contribution in [0.15, 0.2) is 30.6 Å². The van der Waals surface area contributed by atoms with Gasteiger partial charge in [0.1, 0.15) is 11.5 Å². The van der Waals surface area contributed by atoms with Gasteiger partial charge in [-0.2, -0.15) is 0 Å². The van der Waals surface area contributed by atoms with E-state index in [0.717, 1.165) is 11.1 Å². The van der Waals surface area contributed by atoms with E-state index in [2.05, 4.69) is 9.97 Å². The van der Waals surface area contributed by atoms with Crippen molar-refractivity contribution in [2.75, 3.05) is 7.11 Å². The molecule has 1 atom stereocenters. The van der Waals surface area contributed by atoms with E-state index in [0.29, 0.717) is 11.6 Å². The van der Waals surface area contributed by atoms with Crippen LogP contribution >= 0.6 is 0 Å². The summed E-state index contributed by atoms with van der Waals surface area (Å²) in [4.78, 5) is 8.24. The number of methoxy groups -OCH3 is 1. The molecule has 0 aliphatic carbocycles. The lowest BCUT2D eigenvalue weighted by Gasteiger charge is -2.15. The first-order valence-electron chi connectivity index (χ1n) is 5.50. The highest BCUT2D eigenvalue weighted by Gasteiger charge is 2.18. The van der Waals surface area contributed by atoms with Gasteiger partial charge in [-0.15, -0.1) is 0 Å². The fourth-order valence-corrected chi connectivity index (χ4v) is 1.84. The van der Waals surface area contributed by atoms with Gasteiger partial charge in [-0.1, -0.05) is 6.07 Å². The first-order chi connectivity index (χ1) is 8.63. The smallest absolute Gasteiger partial charge is 0.237 e. The summed E-state index contributed by atoms with van der Waals surface area (Å²) in [6.07, 6.45) is 3.09. The summed E-state index contributed by atoms with van der Waals surface area (Å²) in [5, 5.41) is 0. The van der Waals surface area contributed by atoms with Crippen LogP contribution in [0.4, 0.5) is 4.39 Å². The molecule has 0 saturated carbocycles. The van der Waals surface area contributed by atoms with Gasteiger partial charge in [0.2, 0.25) is 5.88 Å². The molecular formula is C13H14FN3O. The molecular weight excluding hydrogens is 233 g/mol. The summed E-state index contributed by atoms with van der Waals surface area (Å²) in [6.45, 7) is 1.81. The van der Waals surface area contributed by atoms with Gasteiger partial charge >= 0.3 is 0 Å². The highest BCUT2D eigenvalue weighted by Crippen LogP contribution is 2.26. The van der Waals surface area contributed by atoms with Crippen molar-refractivity contribution < 1.29 is 9.13 Å². The van der Waals surface area contributed by atoms with Crippen LogP contribution in [0.2, 0.25) is 0 Å². The summed E-state index contributed by atoms with van der Waals surface area (Å²) in [6, 6.07) is 3.99. The maximum atomic E-state index is 13.1. The van der Waals surface area contributed by atoms with Gasteiger partial charge in [-0.3, -0.25) is 4.98 Å². The first kappa shape index (κ1) is 12.4. The Morgan fingerprint density at radius 3 is 2.67 bits per heavy atom.